The van der Waals surface area contributed by atoms with Gasteiger partial charge in [0.15, 0.2) is 5.58 Å². The molecule has 14 rings (SSSR count). The van der Waals surface area contributed by atoms with Gasteiger partial charge in [0.1, 0.15) is 5.58 Å². The van der Waals surface area contributed by atoms with E-state index < -0.39 is 0 Å². The van der Waals surface area contributed by atoms with Crippen LogP contribution in [0.2, 0.25) is 0 Å². The topological polar surface area (TPSA) is 19.6 Å². The van der Waals surface area contributed by atoms with Gasteiger partial charge < -0.3 is 14.2 Å². The van der Waals surface area contributed by atoms with Crippen LogP contribution in [0.5, 0.6) is 0 Å². The predicted octanol–water partition coefficient (Wildman–Crippen LogP) is 19.1. The van der Waals surface area contributed by atoms with Crippen LogP contribution in [0.4, 0.5) is 34.1 Å². The zero-order valence-corrected chi connectivity index (χ0v) is 38.2. The van der Waals surface area contributed by atoms with Crippen LogP contribution in [0.1, 0.15) is 11.1 Å². The first kappa shape index (κ1) is 39.3. The Morgan fingerprint density at radius 2 is 0.797 bits per heavy atom. The van der Waals surface area contributed by atoms with E-state index in [-0.39, 0.29) is 0 Å². The summed E-state index contributed by atoms with van der Waals surface area (Å²) in [6.45, 7) is 4.55. The fourth-order valence-corrected chi connectivity index (χ4v) is 11.4. The van der Waals surface area contributed by atoms with Crippen molar-refractivity contribution in [2.24, 2.45) is 0 Å². The summed E-state index contributed by atoms with van der Waals surface area (Å²) in [7, 11) is 0. The Hall–Kier alpha value is -8.92. The molecule has 0 radical (unpaired) electrons. The van der Waals surface area contributed by atoms with Gasteiger partial charge in [0.2, 0.25) is 0 Å². The van der Waals surface area contributed by atoms with E-state index in [1.165, 1.54) is 81.5 Å². The molecule has 3 nitrogen and oxygen atoms in total. The summed E-state index contributed by atoms with van der Waals surface area (Å²) in [5, 5.41) is 14.5. The van der Waals surface area contributed by atoms with Gasteiger partial charge in [-0.3, -0.25) is 0 Å². The Labute approximate surface area is 400 Å². The van der Waals surface area contributed by atoms with Crippen molar-refractivity contribution in [2.45, 2.75) is 13.8 Å². The second-order valence-corrected chi connectivity index (χ2v) is 18.5. The van der Waals surface area contributed by atoms with E-state index in [4.69, 9.17) is 4.42 Å². The summed E-state index contributed by atoms with van der Waals surface area (Å²) in [5.74, 6) is 0. The van der Waals surface area contributed by atoms with Crippen molar-refractivity contribution in [2.75, 3.05) is 9.80 Å². The molecule has 0 atom stereocenters. The fraction of sp³-hybridized carbons (Fsp3) is 0.0303. The van der Waals surface area contributed by atoms with Gasteiger partial charge in [-0.2, -0.15) is 0 Å². The van der Waals surface area contributed by atoms with Gasteiger partial charge in [-0.05, 0) is 128 Å². The largest absolute Gasteiger partial charge is 0.454 e. The average Bonchev–Trinajstić information content (AvgIpc) is 3.81. The normalized spacial score (nSPS) is 11.9. The van der Waals surface area contributed by atoms with Crippen molar-refractivity contribution in [3.8, 4) is 22.3 Å². The summed E-state index contributed by atoms with van der Waals surface area (Å²) in [6, 6.07) is 84.4. The lowest BCUT2D eigenvalue weighted by molar-refractivity contribution is 0.669. The Morgan fingerprint density at radius 1 is 0.304 bits per heavy atom. The fourth-order valence-electron chi connectivity index (χ4n) is 11.4. The molecule has 0 saturated carbocycles. The van der Waals surface area contributed by atoms with E-state index in [0.717, 1.165) is 61.8 Å². The van der Waals surface area contributed by atoms with Crippen molar-refractivity contribution in [1.82, 2.24) is 0 Å². The molecule has 0 N–H and O–H groups in total. The summed E-state index contributed by atoms with van der Waals surface area (Å²) >= 11 is 0. The minimum atomic E-state index is 0.881. The maximum Gasteiger partial charge on any atom is 0.160 e. The van der Waals surface area contributed by atoms with Crippen LogP contribution in [-0.4, -0.2) is 0 Å². The van der Waals surface area contributed by atoms with Crippen molar-refractivity contribution >= 4 is 110 Å². The summed E-state index contributed by atoms with van der Waals surface area (Å²) < 4.78 is 7.03. The summed E-state index contributed by atoms with van der Waals surface area (Å²) in [4.78, 5) is 4.97. The molecule has 0 aliphatic heterocycles. The number of fused-ring (bicyclic) bond motifs is 1. The van der Waals surface area contributed by atoms with Crippen molar-refractivity contribution < 1.29 is 4.42 Å². The molecule has 1 aromatic heterocycles. The molecular formula is C66H44N2O. The maximum atomic E-state index is 7.03. The molecule has 0 aliphatic carbocycles. The van der Waals surface area contributed by atoms with Crippen LogP contribution in [0.3, 0.4) is 0 Å². The number of furan rings is 1. The standard InChI is InChI=1S/C66H44N2O/c1-41-38-59(67(49-32-30-43-16-9-10-21-48(43)40-49)56-25-13-11-23-52(56)44-17-5-3-6-18-44)54-35-33-51-42(2)39-60(55-36-34-50(41)64(54)65(51)55)68(57-26-14-12-24-53(57)45-19-7-4-8-20-45)58-37-31-47-29-28-46-22-15-27-61-62(46)63(47)66(58)69-61/h3-40H,1-2H3. The van der Waals surface area contributed by atoms with E-state index in [1.54, 1.807) is 0 Å². The molecule has 0 saturated heterocycles. The Kier molecular flexibility index (Phi) is 8.71. The second-order valence-electron chi connectivity index (χ2n) is 18.5. The first-order valence-corrected chi connectivity index (χ1v) is 23.8. The number of rotatable bonds is 8. The van der Waals surface area contributed by atoms with Crippen LogP contribution in [0, 0.1) is 13.8 Å². The van der Waals surface area contributed by atoms with Crippen LogP contribution >= 0.6 is 0 Å². The molecule has 14 aromatic rings. The Bertz CT molecular complexity index is 4280. The lowest BCUT2D eigenvalue weighted by Gasteiger charge is -2.32. The van der Waals surface area contributed by atoms with Gasteiger partial charge in [0.05, 0.1) is 28.4 Å². The third-order valence-corrected chi connectivity index (χ3v) is 14.6. The van der Waals surface area contributed by atoms with Crippen molar-refractivity contribution in [3.05, 3.63) is 242 Å². The highest BCUT2D eigenvalue weighted by Crippen LogP contribution is 2.53. The van der Waals surface area contributed by atoms with Gasteiger partial charge in [0.25, 0.3) is 0 Å². The molecule has 13 aromatic carbocycles. The van der Waals surface area contributed by atoms with Gasteiger partial charge in [-0.1, -0.05) is 182 Å². The van der Waals surface area contributed by atoms with E-state index in [2.05, 4.69) is 254 Å². The van der Waals surface area contributed by atoms with Crippen LogP contribution < -0.4 is 9.80 Å². The monoisotopic (exact) mass is 880 g/mol. The molecule has 0 amide bonds. The molecule has 0 unspecified atom stereocenters. The molecule has 1 heterocycles. The maximum absolute atomic E-state index is 7.03. The number of para-hydroxylation sites is 2. The number of hydrogen-bond acceptors (Lipinski definition) is 3. The molecule has 324 valence electrons. The van der Waals surface area contributed by atoms with E-state index in [0.29, 0.717) is 0 Å². The van der Waals surface area contributed by atoms with Gasteiger partial charge in [0, 0.05) is 38.4 Å². The smallest absolute Gasteiger partial charge is 0.160 e. The van der Waals surface area contributed by atoms with Crippen molar-refractivity contribution in [3.63, 3.8) is 0 Å². The molecule has 0 bridgehead atoms. The van der Waals surface area contributed by atoms with E-state index in [1.807, 2.05) is 0 Å². The van der Waals surface area contributed by atoms with Crippen LogP contribution in [-0.2, 0) is 0 Å². The minimum Gasteiger partial charge on any atom is -0.454 e. The Balaban J connectivity index is 1.08. The zero-order valence-electron chi connectivity index (χ0n) is 38.2. The summed E-state index contributed by atoms with van der Waals surface area (Å²) in [6.07, 6.45) is 0. The SMILES string of the molecule is Cc1cc(N(c2ccc3ccccc3c2)c2ccccc2-c2ccccc2)c2ccc3c(C)cc(N(c4ccccc4-c4ccccc4)c4ccc5ccc6cccc7oc4c5c67)c4ccc1c2c34. The predicted molar refractivity (Wildman–Crippen MR) is 293 cm³/mol. The average molecular weight is 881 g/mol. The summed E-state index contributed by atoms with van der Waals surface area (Å²) in [5.41, 5.74) is 15.4. The van der Waals surface area contributed by atoms with Gasteiger partial charge in [-0.15, -0.1) is 0 Å². The molecular weight excluding hydrogens is 837 g/mol. The number of benzene rings is 13. The molecule has 3 heteroatoms. The highest BCUT2D eigenvalue weighted by atomic mass is 16.3. The third kappa shape index (κ3) is 6.00. The molecule has 0 spiro atoms. The lowest BCUT2D eigenvalue weighted by atomic mass is 9.88. The van der Waals surface area contributed by atoms with Crippen molar-refractivity contribution in [1.29, 1.82) is 0 Å². The molecule has 0 aliphatic rings. The Morgan fingerprint density at radius 3 is 1.45 bits per heavy atom. The van der Waals surface area contributed by atoms with E-state index >= 15 is 0 Å². The highest BCUT2D eigenvalue weighted by Gasteiger charge is 2.28. The van der Waals surface area contributed by atoms with Crippen LogP contribution in [0.25, 0.3) is 98.1 Å². The number of anilines is 6. The van der Waals surface area contributed by atoms with Crippen LogP contribution in [0.15, 0.2) is 235 Å². The highest BCUT2D eigenvalue weighted by molar-refractivity contribution is 6.30. The number of aryl methyl sites for hydroxylation is 2. The number of nitrogens with zero attached hydrogens (tertiary/aromatic N) is 2. The zero-order chi connectivity index (χ0) is 45.7. The van der Waals surface area contributed by atoms with Gasteiger partial charge >= 0.3 is 0 Å². The quantitative estimate of drug-likeness (QED) is 0.142. The molecule has 69 heavy (non-hydrogen) atoms. The first-order chi connectivity index (χ1) is 34.1. The lowest BCUT2D eigenvalue weighted by Crippen LogP contribution is -2.13. The van der Waals surface area contributed by atoms with Gasteiger partial charge in [-0.25, -0.2) is 0 Å². The first-order valence-electron chi connectivity index (χ1n) is 23.8. The third-order valence-electron chi connectivity index (χ3n) is 14.6. The number of hydrogen-bond donors (Lipinski definition) is 0. The minimum absolute atomic E-state index is 0.881. The molecule has 0 fully saturated rings. The second kappa shape index (κ2) is 15.3. The van der Waals surface area contributed by atoms with E-state index in [9.17, 15) is 0 Å².